The Labute approximate surface area is 508 Å². The molecule has 0 heterocycles. The SMILES string of the molecule is CCCCCCCCC/C=C\CCCCCCCC(=O)OCCCCCCCCCCCCCCCCCCCCCCCCCC(=O)NC(CO)C(O)CCCCCCCCCCCCCCCCCCCCCCCCCCC. The lowest BCUT2D eigenvalue weighted by Crippen LogP contribution is -2.45. The molecule has 0 aromatic rings. The summed E-state index contributed by atoms with van der Waals surface area (Å²) in [5, 5.41) is 23.5. The molecule has 0 saturated carbocycles. The number of carbonyl (C=O) groups is 2. The van der Waals surface area contributed by atoms with Crippen molar-refractivity contribution < 1.29 is 24.5 Å². The van der Waals surface area contributed by atoms with Crippen molar-refractivity contribution in [1.29, 1.82) is 0 Å². The fourth-order valence-corrected chi connectivity index (χ4v) is 12.1. The Morgan fingerprint density at radius 1 is 0.333 bits per heavy atom. The molecule has 0 rings (SSSR count). The van der Waals surface area contributed by atoms with Gasteiger partial charge >= 0.3 is 5.97 Å². The van der Waals surface area contributed by atoms with E-state index in [1.165, 1.54) is 353 Å². The van der Waals surface area contributed by atoms with Crippen molar-refractivity contribution in [2.24, 2.45) is 0 Å². The Kier molecular flexibility index (Phi) is 69.9. The van der Waals surface area contributed by atoms with Crippen LogP contribution in [0.4, 0.5) is 0 Å². The van der Waals surface area contributed by atoms with Crippen molar-refractivity contribution in [2.45, 2.75) is 443 Å². The third-order valence-corrected chi connectivity index (χ3v) is 17.8. The Hall–Kier alpha value is -1.40. The van der Waals surface area contributed by atoms with E-state index in [0.717, 1.165) is 44.9 Å². The lowest BCUT2D eigenvalue weighted by Gasteiger charge is -2.22. The fourth-order valence-electron chi connectivity index (χ4n) is 12.1. The summed E-state index contributed by atoms with van der Waals surface area (Å²) in [6, 6.07) is -0.542. The molecule has 0 saturated heterocycles. The van der Waals surface area contributed by atoms with Crippen LogP contribution in [0.2, 0.25) is 0 Å². The van der Waals surface area contributed by atoms with Gasteiger partial charge in [-0.1, -0.05) is 379 Å². The maximum Gasteiger partial charge on any atom is 0.305 e. The minimum Gasteiger partial charge on any atom is -0.466 e. The highest BCUT2D eigenvalue weighted by atomic mass is 16.5. The van der Waals surface area contributed by atoms with E-state index in [2.05, 4.69) is 31.3 Å². The summed E-state index contributed by atoms with van der Waals surface area (Å²) in [5.41, 5.74) is 0. The van der Waals surface area contributed by atoms with Crippen molar-refractivity contribution in [3.05, 3.63) is 12.2 Å². The van der Waals surface area contributed by atoms with Gasteiger partial charge in [-0.2, -0.15) is 0 Å². The molecule has 0 fully saturated rings. The molecule has 0 aromatic carbocycles. The highest BCUT2D eigenvalue weighted by Crippen LogP contribution is 2.20. The van der Waals surface area contributed by atoms with Gasteiger partial charge in [0.25, 0.3) is 0 Å². The first-order valence-electron chi connectivity index (χ1n) is 37.4. The van der Waals surface area contributed by atoms with Crippen molar-refractivity contribution in [1.82, 2.24) is 5.32 Å². The molecular formula is C75H147NO5. The second-order valence-corrected chi connectivity index (χ2v) is 26.0. The average Bonchev–Trinajstić information content (AvgIpc) is 3.47. The lowest BCUT2D eigenvalue weighted by molar-refractivity contribution is -0.143. The zero-order chi connectivity index (χ0) is 58.5. The molecule has 0 aliphatic heterocycles. The zero-order valence-corrected chi connectivity index (χ0v) is 55.3. The molecule has 0 radical (unpaired) electrons. The minimum absolute atomic E-state index is 0.00854. The van der Waals surface area contributed by atoms with E-state index >= 15 is 0 Å². The normalized spacial score (nSPS) is 12.5. The number of aliphatic hydroxyl groups is 2. The van der Waals surface area contributed by atoms with Gasteiger partial charge < -0.3 is 20.3 Å². The Bertz CT molecular complexity index is 1220. The molecule has 1 amide bonds. The van der Waals surface area contributed by atoms with Gasteiger partial charge in [-0.15, -0.1) is 0 Å². The number of amides is 1. The Morgan fingerprint density at radius 3 is 0.877 bits per heavy atom. The Morgan fingerprint density at radius 2 is 0.580 bits per heavy atom. The van der Waals surface area contributed by atoms with Crippen LogP contribution in [0.1, 0.15) is 431 Å². The van der Waals surface area contributed by atoms with Gasteiger partial charge in [0.05, 0.1) is 25.4 Å². The van der Waals surface area contributed by atoms with Crippen LogP contribution in [0, 0.1) is 0 Å². The molecule has 0 aliphatic carbocycles. The molecule has 81 heavy (non-hydrogen) atoms. The smallest absolute Gasteiger partial charge is 0.305 e. The summed E-state index contributed by atoms with van der Waals surface area (Å²) in [6.07, 6.45) is 88.4. The summed E-state index contributed by atoms with van der Waals surface area (Å²) in [4.78, 5) is 24.7. The molecule has 0 aromatic heterocycles. The first-order chi connectivity index (χ1) is 40.0. The summed E-state index contributed by atoms with van der Waals surface area (Å²) in [5.74, 6) is -0.0201. The predicted octanol–water partition coefficient (Wildman–Crippen LogP) is 24.3. The maximum atomic E-state index is 12.6. The van der Waals surface area contributed by atoms with Crippen molar-refractivity contribution in [3.8, 4) is 0 Å². The number of unbranched alkanes of at least 4 members (excludes halogenated alkanes) is 58. The van der Waals surface area contributed by atoms with Gasteiger partial charge in [0, 0.05) is 12.8 Å². The van der Waals surface area contributed by atoms with E-state index in [4.69, 9.17) is 4.74 Å². The Balaban J connectivity index is 3.37. The summed E-state index contributed by atoms with van der Waals surface area (Å²) in [6.45, 7) is 5.00. The summed E-state index contributed by atoms with van der Waals surface area (Å²) >= 11 is 0. The number of allylic oxidation sites excluding steroid dienone is 2. The van der Waals surface area contributed by atoms with E-state index in [1.54, 1.807) is 0 Å². The van der Waals surface area contributed by atoms with Crippen molar-refractivity contribution >= 4 is 11.9 Å². The molecule has 6 heteroatoms. The first-order valence-corrected chi connectivity index (χ1v) is 37.4. The zero-order valence-electron chi connectivity index (χ0n) is 55.3. The molecule has 2 unspecified atom stereocenters. The minimum atomic E-state index is -0.665. The largest absolute Gasteiger partial charge is 0.466 e. The van der Waals surface area contributed by atoms with Crippen LogP contribution in [0.3, 0.4) is 0 Å². The number of nitrogens with one attached hydrogen (secondary N) is 1. The van der Waals surface area contributed by atoms with Gasteiger partial charge in [0.2, 0.25) is 5.91 Å². The van der Waals surface area contributed by atoms with Gasteiger partial charge in [-0.3, -0.25) is 9.59 Å². The second kappa shape index (κ2) is 71.1. The third-order valence-electron chi connectivity index (χ3n) is 17.8. The van der Waals surface area contributed by atoms with Gasteiger partial charge in [0.1, 0.15) is 0 Å². The van der Waals surface area contributed by atoms with E-state index in [0.29, 0.717) is 25.9 Å². The van der Waals surface area contributed by atoms with Crippen LogP contribution in [-0.4, -0.2) is 47.4 Å². The second-order valence-electron chi connectivity index (χ2n) is 26.0. The summed E-state index contributed by atoms with van der Waals surface area (Å²) < 4.78 is 5.50. The highest BCUT2D eigenvalue weighted by molar-refractivity contribution is 5.76. The van der Waals surface area contributed by atoms with Crippen LogP contribution < -0.4 is 5.32 Å². The van der Waals surface area contributed by atoms with Crippen LogP contribution in [0.5, 0.6) is 0 Å². The molecule has 482 valence electrons. The van der Waals surface area contributed by atoms with E-state index in [-0.39, 0.29) is 18.5 Å². The molecule has 3 N–H and O–H groups in total. The number of ether oxygens (including phenoxy) is 1. The predicted molar refractivity (Wildman–Crippen MR) is 357 cm³/mol. The number of rotatable bonds is 71. The molecule has 0 spiro atoms. The number of hydrogen-bond acceptors (Lipinski definition) is 5. The summed E-state index contributed by atoms with van der Waals surface area (Å²) in [7, 11) is 0. The average molecular weight is 1140 g/mol. The molecular weight excluding hydrogens is 995 g/mol. The number of esters is 1. The van der Waals surface area contributed by atoms with Crippen LogP contribution >= 0.6 is 0 Å². The van der Waals surface area contributed by atoms with Gasteiger partial charge in [-0.05, 0) is 51.4 Å². The standard InChI is InChI=1S/C75H147NO5/c1-3-5-7-9-11-13-15-17-19-21-22-23-24-25-27-30-33-36-39-43-47-51-55-59-63-67-73(78)72(71-77)76-74(79)68-64-60-56-52-48-44-40-37-34-31-28-26-29-32-35-38-42-46-50-54-58-62-66-70-81-75(80)69-65-61-57-53-49-45-41-20-18-16-14-12-10-8-6-4-2/h20,41,72-73,77-78H,3-19,21-40,42-71H2,1-2H3,(H,76,79)/b41-20-. The van der Waals surface area contributed by atoms with E-state index < -0.39 is 12.1 Å². The highest BCUT2D eigenvalue weighted by Gasteiger charge is 2.20. The molecule has 0 bridgehead atoms. The lowest BCUT2D eigenvalue weighted by atomic mass is 10.0. The fraction of sp³-hybridized carbons (Fsp3) is 0.947. The molecule has 6 nitrogen and oxygen atoms in total. The number of hydrogen-bond donors (Lipinski definition) is 3. The van der Waals surface area contributed by atoms with E-state index in [9.17, 15) is 19.8 Å². The third kappa shape index (κ3) is 67.6. The monoisotopic (exact) mass is 1140 g/mol. The first kappa shape index (κ1) is 79.6. The quantitative estimate of drug-likeness (QED) is 0.0320. The van der Waals surface area contributed by atoms with Crippen molar-refractivity contribution in [3.63, 3.8) is 0 Å². The molecule has 0 aliphatic rings. The van der Waals surface area contributed by atoms with Crippen molar-refractivity contribution in [2.75, 3.05) is 13.2 Å². The van der Waals surface area contributed by atoms with Gasteiger partial charge in [0.15, 0.2) is 0 Å². The maximum absolute atomic E-state index is 12.6. The van der Waals surface area contributed by atoms with Crippen LogP contribution in [-0.2, 0) is 14.3 Å². The van der Waals surface area contributed by atoms with Crippen LogP contribution in [0.15, 0.2) is 12.2 Å². The number of carbonyl (C=O) groups excluding carboxylic acids is 2. The van der Waals surface area contributed by atoms with Gasteiger partial charge in [-0.25, -0.2) is 0 Å². The van der Waals surface area contributed by atoms with Crippen LogP contribution in [0.25, 0.3) is 0 Å². The number of aliphatic hydroxyl groups excluding tert-OH is 2. The molecule has 2 atom stereocenters. The van der Waals surface area contributed by atoms with E-state index in [1.807, 2.05) is 0 Å². The topological polar surface area (TPSA) is 95.9 Å².